The van der Waals surface area contributed by atoms with Crippen molar-refractivity contribution < 1.29 is 24.2 Å². The van der Waals surface area contributed by atoms with Crippen molar-refractivity contribution in [2.45, 2.75) is 66.2 Å². The molecule has 0 saturated carbocycles. The van der Waals surface area contributed by atoms with Crippen molar-refractivity contribution in [3.8, 4) is 11.5 Å². The van der Waals surface area contributed by atoms with E-state index in [0.29, 0.717) is 48.9 Å². The number of Topliss-reactive ketones (excluding diaryl/α,β-unsaturated/α-hetero) is 2. The van der Waals surface area contributed by atoms with Crippen molar-refractivity contribution >= 4 is 34.5 Å². The van der Waals surface area contributed by atoms with E-state index in [0.717, 1.165) is 29.6 Å². The molecule has 1 aliphatic heterocycles. The van der Waals surface area contributed by atoms with Crippen LogP contribution in [0.1, 0.15) is 71.8 Å². The number of nitrogens with zero attached hydrogens (tertiary/aromatic N) is 3. The summed E-state index contributed by atoms with van der Waals surface area (Å²) >= 11 is 6.67. The summed E-state index contributed by atoms with van der Waals surface area (Å²) in [4.78, 5) is 50.9. The first-order valence-electron chi connectivity index (χ1n) is 13.8. The molecule has 2 aromatic carbocycles. The van der Waals surface area contributed by atoms with Crippen LogP contribution in [-0.2, 0) is 9.59 Å². The van der Waals surface area contributed by atoms with Gasteiger partial charge < -0.3 is 9.64 Å². The van der Waals surface area contributed by atoms with Gasteiger partial charge in [-0.25, -0.2) is 0 Å². The van der Waals surface area contributed by atoms with E-state index in [-0.39, 0.29) is 38.9 Å². The largest absolute Gasteiger partial charge is 0.449 e. The van der Waals surface area contributed by atoms with Crippen LogP contribution in [0.15, 0.2) is 58.9 Å². The van der Waals surface area contributed by atoms with E-state index in [1.807, 2.05) is 6.92 Å². The lowest BCUT2D eigenvalue weighted by Gasteiger charge is -2.48. The van der Waals surface area contributed by atoms with Crippen LogP contribution < -0.4 is 4.74 Å². The Labute approximate surface area is 248 Å². The molecule has 10 nitrogen and oxygen atoms in total. The first-order valence-corrected chi connectivity index (χ1v) is 14.2. The van der Waals surface area contributed by atoms with Gasteiger partial charge in [0.05, 0.1) is 20.9 Å². The Balaban J connectivity index is 1.62. The molecule has 0 aromatic heterocycles. The van der Waals surface area contributed by atoms with Crippen LogP contribution in [0.25, 0.3) is 0 Å². The predicted octanol–water partition coefficient (Wildman–Crippen LogP) is 7.65. The number of benzene rings is 2. The highest BCUT2D eigenvalue weighted by atomic mass is 35.5. The number of ether oxygens (including phenoxy) is 1. The van der Waals surface area contributed by atoms with E-state index >= 15 is 0 Å². The molecule has 0 N–H and O–H groups in total. The molecule has 2 aliphatic carbocycles. The molecule has 0 radical (unpaired) electrons. The molecule has 5 rings (SSSR count). The number of rotatable bonds is 6. The summed E-state index contributed by atoms with van der Waals surface area (Å²) in [5.41, 5.74) is 2.33. The minimum atomic E-state index is -0.763. The molecule has 1 heterocycles. The first-order chi connectivity index (χ1) is 19.6. The maximum atomic E-state index is 13.8. The predicted molar refractivity (Wildman–Crippen MR) is 156 cm³/mol. The molecule has 3 aliphatic rings. The fourth-order valence-corrected chi connectivity index (χ4v) is 6.74. The summed E-state index contributed by atoms with van der Waals surface area (Å²) in [5, 5.41) is 22.8. The second-order valence-corrected chi connectivity index (χ2v) is 13.1. The number of carbonyl (C=O) groups is 2. The Morgan fingerprint density at radius 2 is 1.40 bits per heavy atom. The molecule has 0 saturated heterocycles. The van der Waals surface area contributed by atoms with Crippen molar-refractivity contribution in [2.24, 2.45) is 10.8 Å². The maximum Gasteiger partial charge on any atom is 0.318 e. The zero-order valence-corrected chi connectivity index (χ0v) is 24.9. The Morgan fingerprint density at radius 3 is 1.88 bits per heavy atom. The molecular formula is C31H32ClN3O7. The van der Waals surface area contributed by atoms with E-state index in [1.54, 1.807) is 18.2 Å². The first kappa shape index (κ1) is 29.4. The number of allylic oxidation sites excluding steroid dienone is 4. The Kier molecular flexibility index (Phi) is 7.25. The zero-order chi connectivity index (χ0) is 30.7. The molecule has 0 amide bonds. The summed E-state index contributed by atoms with van der Waals surface area (Å²) in [7, 11) is 0. The highest BCUT2D eigenvalue weighted by molar-refractivity contribution is 6.32. The van der Waals surface area contributed by atoms with Crippen molar-refractivity contribution in [1.82, 2.24) is 4.90 Å². The van der Waals surface area contributed by atoms with Gasteiger partial charge in [-0.1, -0.05) is 45.4 Å². The lowest BCUT2D eigenvalue weighted by atomic mass is 9.63. The third kappa shape index (κ3) is 5.19. The van der Waals surface area contributed by atoms with Gasteiger partial charge in [-0.3, -0.25) is 29.8 Å². The number of non-ortho nitro benzene ring substituents is 1. The molecule has 0 bridgehead atoms. The summed E-state index contributed by atoms with van der Waals surface area (Å²) in [5.74, 6) is -0.691. The second kappa shape index (κ2) is 10.3. The Bertz CT molecular complexity index is 1570. The van der Waals surface area contributed by atoms with E-state index in [2.05, 4.69) is 32.6 Å². The van der Waals surface area contributed by atoms with Gasteiger partial charge >= 0.3 is 5.69 Å². The smallest absolute Gasteiger partial charge is 0.318 e. The quantitative estimate of drug-likeness (QED) is 0.246. The molecule has 11 heteroatoms. The zero-order valence-electron chi connectivity index (χ0n) is 24.2. The van der Waals surface area contributed by atoms with Gasteiger partial charge in [0, 0.05) is 53.9 Å². The fourth-order valence-electron chi connectivity index (χ4n) is 6.51. The number of nitro benzene ring substituents is 2. The van der Waals surface area contributed by atoms with E-state index < -0.39 is 27.1 Å². The molecular weight excluding hydrogens is 562 g/mol. The highest BCUT2D eigenvalue weighted by Gasteiger charge is 2.48. The van der Waals surface area contributed by atoms with Gasteiger partial charge in [-0.2, -0.15) is 0 Å². The van der Waals surface area contributed by atoms with Crippen molar-refractivity contribution in [3.63, 3.8) is 0 Å². The number of carbonyl (C=O) groups excluding carboxylic acids is 2. The number of hydrogen-bond acceptors (Lipinski definition) is 8. The lowest BCUT2D eigenvalue weighted by molar-refractivity contribution is -0.394. The highest BCUT2D eigenvalue weighted by Crippen LogP contribution is 2.54. The van der Waals surface area contributed by atoms with Gasteiger partial charge in [0.1, 0.15) is 5.75 Å². The Morgan fingerprint density at radius 1 is 0.857 bits per heavy atom. The fraction of sp³-hybridized carbons (Fsp3) is 0.419. The van der Waals surface area contributed by atoms with Crippen LogP contribution in [0.2, 0.25) is 5.02 Å². The molecule has 42 heavy (non-hydrogen) atoms. The third-order valence-corrected chi connectivity index (χ3v) is 8.49. The van der Waals surface area contributed by atoms with Gasteiger partial charge in [-0.15, -0.1) is 0 Å². The number of halogens is 1. The third-order valence-electron chi connectivity index (χ3n) is 8.20. The normalized spacial score (nSPS) is 19.9. The van der Waals surface area contributed by atoms with E-state index in [1.165, 1.54) is 0 Å². The molecule has 0 unspecified atom stereocenters. The summed E-state index contributed by atoms with van der Waals surface area (Å²) in [6, 6.07) is 7.99. The number of hydrogen-bond donors (Lipinski definition) is 0. The SMILES string of the molecule is CCN1C2=C(C(=O)CC(C)(C)C2)C(c2ccc(Oc3ccc([N+](=O)[O-])cc3[N+](=O)[O-])c(Cl)c2)C2=C1CC(C)(C)CC2=O. The minimum Gasteiger partial charge on any atom is -0.449 e. The average Bonchev–Trinajstić information content (AvgIpc) is 2.87. The molecule has 220 valence electrons. The molecule has 0 atom stereocenters. The van der Waals surface area contributed by atoms with Crippen LogP contribution in [0.4, 0.5) is 11.4 Å². The van der Waals surface area contributed by atoms with Crippen LogP contribution in [0.3, 0.4) is 0 Å². The lowest BCUT2D eigenvalue weighted by Crippen LogP contribution is -2.44. The van der Waals surface area contributed by atoms with Crippen molar-refractivity contribution in [1.29, 1.82) is 0 Å². The van der Waals surface area contributed by atoms with Crippen LogP contribution in [-0.4, -0.2) is 32.9 Å². The molecule has 0 fully saturated rings. The van der Waals surface area contributed by atoms with Crippen LogP contribution in [0, 0.1) is 31.1 Å². The van der Waals surface area contributed by atoms with Crippen molar-refractivity contribution in [3.05, 3.63) is 89.8 Å². The van der Waals surface area contributed by atoms with Crippen molar-refractivity contribution in [2.75, 3.05) is 6.54 Å². The van der Waals surface area contributed by atoms with Gasteiger partial charge in [-0.05, 0) is 54.4 Å². The molecule has 2 aromatic rings. The van der Waals surface area contributed by atoms with Gasteiger partial charge in [0.15, 0.2) is 11.6 Å². The minimum absolute atomic E-state index is 0.00633. The van der Waals surface area contributed by atoms with Crippen LogP contribution in [0.5, 0.6) is 11.5 Å². The standard InChI is InChI=1S/C31H32ClN3O7/c1-6-33-21-13-30(2,3)15-23(36)28(21)27(29-22(33)14-31(4,5)16-24(29)37)17-7-9-25(19(32)11-17)42-26-10-8-18(34(38)39)12-20(26)35(40)41/h7-12,27H,6,13-16H2,1-5H3. The summed E-state index contributed by atoms with van der Waals surface area (Å²) < 4.78 is 5.76. The maximum absolute atomic E-state index is 13.8. The summed E-state index contributed by atoms with van der Waals surface area (Å²) in [6.07, 6.45) is 2.12. The molecule has 0 spiro atoms. The van der Waals surface area contributed by atoms with E-state index in [4.69, 9.17) is 16.3 Å². The van der Waals surface area contributed by atoms with Crippen LogP contribution >= 0.6 is 11.6 Å². The second-order valence-electron chi connectivity index (χ2n) is 12.7. The number of ketones is 2. The van der Waals surface area contributed by atoms with Gasteiger partial charge in [0.2, 0.25) is 5.75 Å². The summed E-state index contributed by atoms with van der Waals surface area (Å²) in [6.45, 7) is 11.0. The Hall–Kier alpha value is -4.05. The number of nitro groups is 2. The van der Waals surface area contributed by atoms with Gasteiger partial charge in [0.25, 0.3) is 5.69 Å². The topological polar surface area (TPSA) is 133 Å². The monoisotopic (exact) mass is 593 g/mol. The van der Waals surface area contributed by atoms with E-state index in [9.17, 15) is 29.8 Å². The average molecular weight is 594 g/mol.